The second-order valence-corrected chi connectivity index (χ2v) is 11.0. The van der Waals surface area contributed by atoms with Crippen LogP contribution in [0.25, 0.3) is 0 Å². The maximum absolute atomic E-state index is 12.8. The number of hydrogen-bond donors (Lipinski definition) is 1. The molecule has 1 atom stereocenters. The van der Waals surface area contributed by atoms with E-state index in [2.05, 4.69) is 56.2 Å². The first-order valence-corrected chi connectivity index (χ1v) is 11.5. The van der Waals surface area contributed by atoms with Gasteiger partial charge in [-0.15, -0.1) is 0 Å². The standard InChI is InChI=1S/C21H37N3O2S/c1-17(2)15-19(24-13-11-23(6)12-14-24)16-22-27(25,26)20-9-7-18(8-10-20)21(3,4)5/h7-10,17,19,22H,11-16H2,1-6H3. The van der Waals surface area contributed by atoms with Crippen molar-refractivity contribution in [1.29, 1.82) is 0 Å². The van der Waals surface area contributed by atoms with Crippen LogP contribution in [0.1, 0.15) is 46.6 Å². The summed E-state index contributed by atoms with van der Waals surface area (Å²) in [5, 5.41) is 0. The summed E-state index contributed by atoms with van der Waals surface area (Å²) >= 11 is 0. The summed E-state index contributed by atoms with van der Waals surface area (Å²) in [4.78, 5) is 5.10. The van der Waals surface area contributed by atoms with Crippen molar-refractivity contribution in [3.8, 4) is 0 Å². The predicted molar refractivity (Wildman–Crippen MR) is 113 cm³/mol. The molecule has 0 aliphatic carbocycles. The second kappa shape index (κ2) is 9.03. The maximum Gasteiger partial charge on any atom is 0.240 e. The van der Waals surface area contributed by atoms with Gasteiger partial charge in [-0.1, -0.05) is 46.8 Å². The van der Waals surface area contributed by atoms with Crippen LogP contribution in [-0.4, -0.2) is 64.0 Å². The number of sulfonamides is 1. The van der Waals surface area contributed by atoms with Crippen LogP contribution in [0.3, 0.4) is 0 Å². The van der Waals surface area contributed by atoms with E-state index < -0.39 is 10.0 Å². The van der Waals surface area contributed by atoms with E-state index in [0.29, 0.717) is 17.4 Å². The highest BCUT2D eigenvalue weighted by Crippen LogP contribution is 2.23. The Balaban J connectivity index is 2.05. The zero-order chi connectivity index (χ0) is 20.2. The molecule has 0 saturated carbocycles. The smallest absolute Gasteiger partial charge is 0.240 e. The van der Waals surface area contributed by atoms with Gasteiger partial charge in [0.05, 0.1) is 4.90 Å². The van der Waals surface area contributed by atoms with Gasteiger partial charge < -0.3 is 4.90 Å². The molecule has 5 nitrogen and oxygen atoms in total. The van der Waals surface area contributed by atoms with Crippen LogP contribution >= 0.6 is 0 Å². The van der Waals surface area contributed by atoms with Crippen molar-refractivity contribution in [3.05, 3.63) is 29.8 Å². The molecule has 1 aliphatic rings. The van der Waals surface area contributed by atoms with E-state index in [1.807, 2.05) is 12.1 Å². The lowest BCUT2D eigenvalue weighted by molar-refractivity contribution is 0.102. The fourth-order valence-corrected chi connectivity index (χ4v) is 4.59. The van der Waals surface area contributed by atoms with E-state index in [-0.39, 0.29) is 11.5 Å². The molecule has 0 spiro atoms. The minimum absolute atomic E-state index is 0.0134. The third kappa shape index (κ3) is 6.56. The molecule has 6 heteroatoms. The average molecular weight is 396 g/mol. The van der Waals surface area contributed by atoms with Crippen molar-refractivity contribution >= 4 is 10.0 Å². The summed E-state index contributed by atoms with van der Waals surface area (Å²) in [7, 11) is -1.35. The number of hydrogen-bond acceptors (Lipinski definition) is 4. The Hall–Kier alpha value is -0.950. The summed E-state index contributed by atoms with van der Waals surface area (Å²) in [6.07, 6.45) is 0.995. The molecular formula is C21H37N3O2S. The van der Waals surface area contributed by atoms with Crippen molar-refractivity contribution in [1.82, 2.24) is 14.5 Å². The topological polar surface area (TPSA) is 52.7 Å². The lowest BCUT2D eigenvalue weighted by Crippen LogP contribution is -2.52. The van der Waals surface area contributed by atoms with Gasteiger partial charge in [-0.05, 0) is 42.5 Å². The molecule has 1 unspecified atom stereocenters. The summed E-state index contributed by atoms with van der Waals surface area (Å²) in [5.74, 6) is 0.533. The van der Waals surface area contributed by atoms with Gasteiger partial charge in [-0.3, -0.25) is 4.90 Å². The monoisotopic (exact) mass is 395 g/mol. The van der Waals surface area contributed by atoms with Gasteiger partial charge >= 0.3 is 0 Å². The molecule has 27 heavy (non-hydrogen) atoms. The van der Waals surface area contributed by atoms with Gasteiger partial charge in [0, 0.05) is 38.8 Å². The number of nitrogens with zero attached hydrogens (tertiary/aromatic N) is 2. The fourth-order valence-electron chi connectivity index (χ4n) is 3.52. The molecular weight excluding hydrogens is 358 g/mol. The first-order valence-electron chi connectivity index (χ1n) is 10.0. The van der Waals surface area contributed by atoms with Crippen LogP contribution in [0.15, 0.2) is 29.2 Å². The van der Waals surface area contributed by atoms with Gasteiger partial charge in [0.15, 0.2) is 0 Å². The quantitative estimate of drug-likeness (QED) is 0.771. The van der Waals surface area contributed by atoms with E-state index in [1.165, 1.54) is 0 Å². The minimum atomic E-state index is -3.49. The predicted octanol–water partition coefficient (Wildman–Crippen LogP) is 2.92. The largest absolute Gasteiger partial charge is 0.304 e. The molecule has 0 bridgehead atoms. The number of rotatable bonds is 7. The molecule has 1 fully saturated rings. The van der Waals surface area contributed by atoms with E-state index in [4.69, 9.17) is 0 Å². The van der Waals surface area contributed by atoms with Crippen LogP contribution in [-0.2, 0) is 15.4 Å². The second-order valence-electron chi connectivity index (χ2n) is 9.25. The normalized spacial score (nSPS) is 18.8. The van der Waals surface area contributed by atoms with Crippen LogP contribution in [0.2, 0.25) is 0 Å². The highest BCUT2D eigenvalue weighted by atomic mass is 32.2. The zero-order valence-corrected chi connectivity index (χ0v) is 18.6. The maximum atomic E-state index is 12.8. The zero-order valence-electron chi connectivity index (χ0n) is 17.8. The highest BCUT2D eigenvalue weighted by molar-refractivity contribution is 7.89. The molecule has 0 radical (unpaired) electrons. The molecule has 154 valence electrons. The lowest BCUT2D eigenvalue weighted by atomic mass is 9.87. The van der Waals surface area contributed by atoms with Crippen LogP contribution in [0.4, 0.5) is 0 Å². The Kier molecular flexibility index (Phi) is 7.47. The number of benzene rings is 1. The summed E-state index contributed by atoms with van der Waals surface area (Å²) in [6.45, 7) is 15.3. The lowest BCUT2D eigenvalue weighted by Gasteiger charge is -2.38. The Morgan fingerprint density at radius 1 is 1.04 bits per heavy atom. The number of piperazine rings is 1. The van der Waals surface area contributed by atoms with E-state index in [0.717, 1.165) is 38.2 Å². The van der Waals surface area contributed by atoms with Crippen molar-refractivity contribution in [2.75, 3.05) is 39.8 Å². The molecule has 1 aliphatic heterocycles. The van der Waals surface area contributed by atoms with Crippen LogP contribution < -0.4 is 4.72 Å². The summed E-state index contributed by atoms with van der Waals surface area (Å²) in [5.41, 5.74) is 1.15. The SMILES string of the molecule is CC(C)CC(CNS(=O)(=O)c1ccc(C(C)(C)C)cc1)N1CCN(C)CC1. The van der Waals surface area contributed by atoms with Crippen molar-refractivity contribution < 1.29 is 8.42 Å². The molecule has 0 amide bonds. The van der Waals surface area contributed by atoms with Crippen molar-refractivity contribution in [2.45, 2.75) is 57.4 Å². The molecule has 2 rings (SSSR count). The number of nitrogens with one attached hydrogen (secondary N) is 1. The summed E-state index contributed by atoms with van der Waals surface area (Å²) in [6, 6.07) is 7.51. The van der Waals surface area contributed by atoms with Gasteiger partial charge in [-0.25, -0.2) is 13.1 Å². The third-order valence-electron chi connectivity index (χ3n) is 5.34. The Labute approximate surface area is 166 Å². The molecule has 1 aromatic carbocycles. The Morgan fingerprint density at radius 2 is 1.59 bits per heavy atom. The first kappa shape index (κ1) is 22.3. The number of likely N-dealkylation sites (N-methyl/N-ethyl adjacent to an activating group) is 1. The minimum Gasteiger partial charge on any atom is -0.304 e. The molecule has 1 saturated heterocycles. The molecule has 1 aromatic rings. The van der Waals surface area contributed by atoms with Gasteiger partial charge in [0.25, 0.3) is 0 Å². The van der Waals surface area contributed by atoms with Crippen LogP contribution in [0.5, 0.6) is 0 Å². The fraction of sp³-hybridized carbons (Fsp3) is 0.714. The van der Waals surface area contributed by atoms with Gasteiger partial charge in [-0.2, -0.15) is 0 Å². The van der Waals surface area contributed by atoms with Gasteiger partial charge in [0.1, 0.15) is 0 Å². The van der Waals surface area contributed by atoms with Crippen LogP contribution in [0, 0.1) is 5.92 Å². The molecule has 1 heterocycles. The van der Waals surface area contributed by atoms with Crippen molar-refractivity contribution in [2.24, 2.45) is 5.92 Å². The Bertz CT molecular complexity index is 685. The third-order valence-corrected chi connectivity index (χ3v) is 6.78. The summed E-state index contributed by atoms with van der Waals surface area (Å²) < 4.78 is 28.4. The van der Waals surface area contributed by atoms with Gasteiger partial charge in [0.2, 0.25) is 10.0 Å². The van der Waals surface area contributed by atoms with Crippen molar-refractivity contribution in [3.63, 3.8) is 0 Å². The first-order chi connectivity index (χ1) is 12.5. The highest BCUT2D eigenvalue weighted by Gasteiger charge is 2.25. The van der Waals surface area contributed by atoms with E-state index in [9.17, 15) is 8.42 Å². The Morgan fingerprint density at radius 3 is 2.07 bits per heavy atom. The molecule has 1 N–H and O–H groups in total. The average Bonchev–Trinajstić information content (AvgIpc) is 2.58. The van der Waals surface area contributed by atoms with E-state index >= 15 is 0 Å². The molecule has 0 aromatic heterocycles. The van der Waals surface area contributed by atoms with E-state index in [1.54, 1.807) is 12.1 Å².